The van der Waals surface area contributed by atoms with Crippen molar-refractivity contribution >= 4 is 28.8 Å². The summed E-state index contributed by atoms with van der Waals surface area (Å²) in [5.41, 5.74) is 6.03. The molecule has 0 bridgehead atoms. The highest BCUT2D eigenvalue weighted by molar-refractivity contribution is 7.12. The van der Waals surface area contributed by atoms with Crippen molar-refractivity contribution in [1.29, 1.82) is 0 Å². The minimum absolute atomic E-state index is 0.182. The lowest BCUT2D eigenvalue weighted by atomic mass is 10.2. The van der Waals surface area contributed by atoms with Crippen molar-refractivity contribution in [3.63, 3.8) is 0 Å². The molecule has 0 radical (unpaired) electrons. The summed E-state index contributed by atoms with van der Waals surface area (Å²) in [5.74, 6) is -0.726. The summed E-state index contributed by atoms with van der Waals surface area (Å²) in [4.78, 5) is 25.9. The third kappa shape index (κ3) is 3.36. The van der Waals surface area contributed by atoms with Gasteiger partial charge in [-0.3, -0.25) is 9.59 Å². The second kappa shape index (κ2) is 6.67. The molecule has 0 atom stereocenters. The van der Waals surface area contributed by atoms with Crippen molar-refractivity contribution in [2.45, 2.75) is 6.54 Å². The van der Waals surface area contributed by atoms with Crippen molar-refractivity contribution in [3.05, 3.63) is 76.1 Å². The van der Waals surface area contributed by atoms with Gasteiger partial charge in [0.2, 0.25) is 5.91 Å². The van der Waals surface area contributed by atoms with Crippen LogP contribution in [0.4, 0.5) is 10.1 Å². The van der Waals surface area contributed by atoms with Crippen LogP contribution in [0.2, 0.25) is 0 Å². The van der Waals surface area contributed by atoms with E-state index in [-0.39, 0.29) is 18.0 Å². The number of amides is 2. The molecule has 2 N–H and O–H groups in total. The second-order valence-electron chi connectivity index (χ2n) is 5.01. The van der Waals surface area contributed by atoms with Gasteiger partial charge in [-0.25, -0.2) is 4.39 Å². The molecule has 0 spiro atoms. The number of hydrogen-bond donors (Lipinski definition) is 1. The molecule has 5 nitrogen and oxygen atoms in total. The molecule has 2 aromatic heterocycles. The Bertz CT molecular complexity index is 856. The fourth-order valence-electron chi connectivity index (χ4n) is 2.17. The number of carbonyl (C=O) groups is 2. The van der Waals surface area contributed by atoms with Gasteiger partial charge in [-0.05, 0) is 42.5 Å². The van der Waals surface area contributed by atoms with Gasteiger partial charge in [-0.1, -0.05) is 0 Å². The zero-order valence-corrected chi connectivity index (χ0v) is 13.3. The maximum atomic E-state index is 13.2. The summed E-state index contributed by atoms with van der Waals surface area (Å²) >= 11 is 1.13. The van der Waals surface area contributed by atoms with E-state index >= 15 is 0 Å². The van der Waals surface area contributed by atoms with E-state index in [0.29, 0.717) is 16.3 Å². The maximum absolute atomic E-state index is 13.2. The van der Waals surface area contributed by atoms with Crippen molar-refractivity contribution in [2.75, 3.05) is 4.90 Å². The molecular formula is C17H13FN2O3S. The summed E-state index contributed by atoms with van der Waals surface area (Å²) < 4.78 is 18.5. The predicted molar refractivity (Wildman–Crippen MR) is 88.5 cm³/mol. The van der Waals surface area contributed by atoms with Crippen LogP contribution in [-0.4, -0.2) is 11.8 Å². The first-order chi connectivity index (χ1) is 11.5. The third-order valence-corrected chi connectivity index (χ3v) is 4.29. The number of halogens is 1. The summed E-state index contributed by atoms with van der Waals surface area (Å²) in [7, 11) is 0. The van der Waals surface area contributed by atoms with Gasteiger partial charge in [0.25, 0.3) is 5.91 Å². The summed E-state index contributed by atoms with van der Waals surface area (Å²) in [6.07, 6.45) is 1.51. The Hall–Kier alpha value is -2.93. The molecule has 0 saturated carbocycles. The van der Waals surface area contributed by atoms with Crippen molar-refractivity contribution in [2.24, 2.45) is 5.73 Å². The van der Waals surface area contributed by atoms with Gasteiger partial charge in [0.1, 0.15) is 11.6 Å². The topological polar surface area (TPSA) is 76.5 Å². The highest BCUT2D eigenvalue weighted by Gasteiger charge is 2.21. The van der Waals surface area contributed by atoms with Crippen LogP contribution in [-0.2, 0) is 6.54 Å². The van der Waals surface area contributed by atoms with Crippen LogP contribution in [0.15, 0.2) is 58.5 Å². The second-order valence-corrected chi connectivity index (χ2v) is 5.92. The Morgan fingerprint density at radius 1 is 1.21 bits per heavy atom. The van der Waals surface area contributed by atoms with Gasteiger partial charge in [-0.2, -0.15) is 0 Å². The average molecular weight is 344 g/mol. The Morgan fingerprint density at radius 2 is 1.96 bits per heavy atom. The molecule has 2 heterocycles. The van der Waals surface area contributed by atoms with Crippen LogP contribution in [0.3, 0.4) is 0 Å². The zero-order valence-electron chi connectivity index (χ0n) is 12.4. The first-order valence-corrected chi connectivity index (χ1v) is 7.90. The molecular weight excluding hydrogens is 331 g/mol. The smallest absolute Gasteiger partial charge is 0.268 e. The fraction of sp³-hybridized carbons (Fsp3) is 0.0588. The van der Waals surface area contributed by atoms with E-state index in [2.05, 4.69) is 0 Å². The van der Waals surface area contributed by atoms with Crippen LogP contribution in [0, 0.1) is 5.82 Å². The van der Waals surface area contributed by atoms with E-state index < -0.39 is 11.7 Å². The highest BCUT2D eigenvalue weighted by Crippen LogP contribution is 2.24. The number of hydrogen-bond acceptors (Lipinski definition) is 4. The van der Waals surface area contributed by atoms with Crippen molar-refractivity contribution < 1.29 is 18.4 Å². The minimum atomic E-state index is -0.593. The molecule has 0 saturated heterocycles. The van der Waals surface area contributed by atoms with E-state index in [1.807, 2.05) is 0 Å². The first kappa shape index (κ1) is 15.9. The van der Waals surface area contributed by atoms with E-state index in [1.54, 1.807) is 12.1 Å². The number of furan rings is 1. The predicted octanol–water partition coefficient (Wildman–Crippen LogP) is 3.43. The molecule has 3 aromatic rings. The molecule has 0 fully saturated rings. The standard InChI is InChI=1S/C17H13FN2O3S/c18-12-3-5-13(6-4-12)20(9-14-2-1-7-23-14)17(22)15-8-11(10-24-15)16(19)21/h1-8,10H,9H2,(H2,19,21). The number of carbonyl (C=O) groups excluding carboxylic acids is 2. The molecule has 24 heavy (non-hydrogen) atoms. The molecule has 2 amide bonds. The molecule has 122 valence electrons. The molecule has 0 aliphatic rings. The van der Waals surface area contributed by atoms with Crippen LogP contribution < -0.4 is 10.6 Å². The third-order valence-electron chi connectivity index (χ3n) is 3.37. The quantitative estimate of drug-likeness (QED) is 0.770. The van der Waals surface area contributed by atoms with Gasteiger partial charge in [0, 0.05) is 11.1 Å². The largest absolute Gasteiger partial charge is 0.467 e. The van der Waals surface area contributed by atoms with E-state index in [4.69, 9.17) is 10.2 Å². The number of anilines is 1. The lowest BCUT2D eigenvalue weighted by Gasteiger charge is -2.21. The van der Waals surface area contributed by atoms with Crippen LogP contribution in [0.25, 0.3) is 0 Å². The fourth-order valence-corrected chi connectivity index (χ4v) is 3.01. The number of rotatable bonds is 5. The first-order valence-electron chi connectivity index (χ1n) is 7.03. The molecule has 1 aromatic carbocycles. The summed E-state index contributed by atoms with van der Waals surface area (Å²) in [5, 5.41) is 1.53. The Kier molecular flexibility index (Phi) is 4.43. The van der Waals surface area contributed by atoms with Crippen molar-refractivity contribution in [1.82, 2.24) is 0 Å². The average Bonchev–Trinajstić information content (AvgIpc) is 3.24. The maximum Gasteiger partial charge on any atom is 0.268 e. The number of benzene rings is 1. The van der Waals surface area contributed by atoms with Gasteiger partial charge in [0.05, 0.1) is 23.2 Å². The van der Waals surface area contributed by atoms with E-state index in [9.17, 15) is 14.0 Å². The van der Waals surface area contributed by atoms with Gasteiger partial charge in [0.15, 0.2) is 0 Å². The number of primary amides is 1. The minimum Gasteiger partial charge on any atom is -0.467 e. The molecule has 7 heteroatoms. The molecule has 3 rings (SSSR count). The monoisotopic (exact) mass is 344 g/mol. The van der Waals surface area contributed by atoms with Gasteiger partial charge < -0.3 is 15.1 Å². The SMILES string of the molecule is NC(=O)c1csc(C(=O)N(Cc2ccco2)c2ccc(F)cc2)c1. The Morgan fingerprint density at radius 3 is 2.54 bits per heavy atom. The summed E-state index contributed by atoms with van der Waals surface area (Å²) in [6, 6.07) is 10.5. The van der Waals surface area contributed by atoms with Gasteiger partial charge in [-0.15, -0.1) is 11.3 Å². The molecule has 0 aliphatic carbocycles. The van der Waals surface area contributed by atoms with Crippen molar-refractivity contribution in [3.8, 4) is 0 Å². The Labute approximate surface area is 141 Å². The van der Waals surface area contributed by atoms with Crippen LogP contribution in [0.1, 0.15) is 25.8 Å². The number of thiophene rings is 1. The number of nitrogens with two attached hydrogens (primary N) is 1. The Balaban J connectivity index is 1.94. The van der Waals surface area contributed by atoms with E-state index in [0.717, 1.165) is 11.3 Å². The lowest BCUT2D eigenvalue weighted by Crippen LogP contribution is -2.29. The highest BCUT2D eigenvalue weighted by atomic mass is 32.1. The van der Waals surface area contributed by atoms with Crippen LogP contribution in [0.5, 0.6) is 0 Å². The van der Waals surface area contributed by atoms with Crippen LogP contribution >= 0.6 is 11.3 Å². The normalized spacial score (nSPS) is 10.5. The summed E-state index contributed by atoms with van der Waals surface area (Å²) in [6.45, 7) is 0.182. The molecule has 0 unspecified atom stereocenters. The van der Waals surface area contributed by atoms with Gasteiger partial charge >= 0.3 is 0 Å². The van der Waals surface area contributed by atoms with E-state index in [1.165, 1.54) is 46.9 Å². The zero-order chi connectivity index (χ0) is 17.1. The molecule has 0 aliphatic heterocycles. The lowest BCUT2D eigenvalue weighted by molar-refractivity contribution is 0.0986. The number of nitrogens with zero attached hydrogens (tertiary/aromatic N) is 1.